The van der Waals surface area contributed by atoms with E-state index in [1.807, 2.05) is 6.92 Å². The zero-order valence-electron chi connectivity index (χ0n) is 8.24. The third kappa shape index (κ3) is 1.79. The fourth-order valence-corrected chi connectivity index (χ4v) is 1.30. The number of benzene rings is 1. The fraction of sp³-hybridized carbons (Fsp3) is 0.0909. The van der Waals surface area contributed by atoms with Crippen LogP contribution in [0.1, 0.15) is 5.56 Å². The van der Waals surface area contributed by atoms with Gasteiger partial charge in [-0.25, -0.2) is 4.39 Å². The Morgan fingerprint density at radius 1 is 1.20 bits per heavy atom. The van der Waals surface area contributed by atoms with Crippen LogP contribution in [0.4, 0.5) is 10.2 Å². The van der Waals surface area contributed by atoms with E-state index >= 15 is 0 Å². The number of nitrogens with two attached hydrogens (primary N) is 1. The quantitative estimate of drug-likeness (QED) is 0.772. The lowest BCUT2D eigenvalue weighted by Crippen LogP contribution is -1.98. The Balaban J connectivity index is 2.55. The minimum Gasteiger partial charge on any atom is -0.382 e. The van der Waals surface area contributed by atoms with Gasteiger partial charge in [0.15, 0.2) is 0 Å². The van der Waals surface area contributed by atoms with Crippen LogP contribution in [0.5, 0.6) is 0 Å². The highest BCUT2D eigenvalue weighted by molar-refractivity contribution is 5.61. The van der Waals surface area contributed by atoms with Gasteiger partial charge in [-0.2, -0.15) is 0 Å². The molecule has 1 heterocycles. The molecule has 0 saturated carbocycles. The lowest BCUT2D eigenvalue weighted by Gasteiger charge is -2.03. The van der Waals surface area contributed by atoms with Crippen LogP contribution >= 0.6 is 0 Å². The zero-order chi connectivity index (χ0) is 10.8. The van der Waals surface area contributed by atoms with E-state index in [1.54, 1.807) is 24.3 Å². The Morgan fingerprint density at radius 2 is 1.93 bits per heavy atom. The summed E-state index contributed by atoms with van der Waals surface area (Å²) in [7, 11) is 0. The number of hydrogen-bond donors (Lipinski definition) is 1. The predicted molar refractivity (Wildman–Crippen MR) is 56.6 cm³/mol. The van der Waals surface area contributed by atoms with Crippen LogP contribution in [0.25, 0.3) is 11.3 Å². The molecule has 76 valence electrons. The minimum absolute atomic E-state index is 0.309. The smallest absolute Gasteiger partial charge is 0.149 e. The summed E-state index contributed by atoms with van der Waals surface area (Å²) in [6, 6.07) is 8.17. The molecule has 2 aromatic rings. The second-order valence-electron chi connectivity index (χ2n) is 3.28. The minimum atomic E-state index is -0.309. The first kappa shape index (κ1) is 9.58. The highest BCUT2D eigenvalue weighted by atomic mass is 19.1. The van der Waals surface area contributed by atoms with Crippen molar-refractivity contribution >= 4 is 5.82 Å². The number of hydrogen-bond acceptors (Lipinski definition) is 3. The van der Waals surface area contributed by atoms with Gasteiger partial charge in [0, 0.05) is 5.56 Å². The maximum absolute atomic E-state index is 13.4. The van der Waals surface area contributed by atoms with Crippen LogP contribution in [-0.4, -0.2) is 10.2 Å². The lowest BCUT2D eigenvalue weighted by atomic mass is 10.1. The molecule has 0 bridgehead atoms. The van der Waals surface area contributed by atoms with Crippen molar-refractivity contribution in [3.8, 4) is 11.3 Å². The Kier molecular flexibility index (Phi) is 2.33. The molecule has 0 atom stereocenters. The van der Waals surface area contributed by atoms with Crippen LogP contribution < -0.4 is 5.73 Å². The molecule has 15 heavy (non-hydrogen) atoms. The number of anilines is 1. The normalized spacial score (nSPS) is 10.3. The number of aryl methyl sites for hydroxylation is 1. The summed E-state index contributed by atoms with van der Waals surface area (Å²) in [6.07, 6.45) is 0. The van der Waals surface area contributed by atoms with Gasteiger partial charge in [0.2, 0.25) is 0 Å². The van der Waals surface area contributed by atoms with Crippen molar-refractivity contribution in [3.05, 3.63) is 41.7 Å². The monoisotopic (exact) mass is 203 g/mol. The molecular formula is C11H10FN3. The van der Waals surface area contributed by atoms with Crippen molar-refractivity contribution in [2.45, 2.75) is 6.92 Å². The first-order valence-corrected chi connectivity index (χ1v) is 4.53. The van der Waals surface area contributed by atoms with E-state index in [2.05, 4.69) is 10.2 Å². The van der Waals surface area contributed by atoms with Gasteiger partial charge in [0.05, 0.1) is 5.69 Å². The molecule has 0 unspecified atom stereocenters. The van der Waals surface area contributed by atoms with Crippen LogP contribution in [0.2, 0.25) is 0 Å². The van der Waals surface area contributed by atoms with Gasteiger partial charge in [-0.1, -0.05) is 12.1 Å². The van der Waals surface area contributed by atoms with Gasteiger partial charge < -0.3 is 5.73 Å². The molecule has 0 saturated heterocycles. The maximum atomic E-state index is 13.4. The van der Waals surface area contributed by atoms with Crippen molar-refractivity contribution in [2.24, 2.45) is 0 Å². The number of rotatable bonds is 1. The van der Waals surface area contributed by atoms with Crippen molar-refractivity contribution in [2.75, 3.05) is 5.73 Å². The largest absolute Gasteiger partial charge is 0.382 e. The van der Waals surface area contributed by atoms with Crippen molar-refractivity contribution in [1.82, 2.24) is 10.2 Å². The first-order valence-electron chi connectivity index (χ1n) is 4.53. The molecule has 0 fully saturated rings. The van der Waals surface area contributed by atoms with E-state index in [1.165, 1.54) is 6.07 Å². The molecule has 0 spiro atoms. The molecule has 0 aliphatic heterocycles. The number of nitrogens with zero attached hydrogens (tertiary/aromatic N) is 2. The molecule has 0 aliphatic rings. The summed E-state index contributed by atoms with van der Waals surface area (Å²) in [5.74, 6) is 0.0612. The molecule has 0 amide bonds. The Hall–Kier alpha value is -1.97. The summed E-state index contributed by atoms with van der Waals surface area (Å²) in [5, 5.41) is 7.61. The maximum Gasteiger partial charge on any atom is 0.149 e. The highest BCUT2D eigenvalue weighted by Crippen LogP contribution is 2.21. The average Bonchev–Trinajstić information content (AvgIpc) is 2.23. The number of aromatic nitrogens is 2. The second-order valence-corrected chi connectivity index (χ2v) is 3.28. The average molecular weight is 203 g/mol. The Bertz CT molecular complexity index is 497. The van der Waals surface area contributed by atoms with E-state index in [4.69, 9.17) is 5.73 Å². The topological polar surface area (TPSA) is 51.8 Å². The first-order chi connectivity index (χ1) is 7.18. The standard InChI is InChI=1S/C11H10FN3/c1-7-6-10(14-15-11(7)13)8-4-2-3-5-9(8)12/h2-6H,1H3,(H2,13,15). The molecule has 0 radical (unpaired) electrons. The summed E-state index contributed by atoms with van der Waals surface area (Å²) in [4.78, 5) is 0. The van der Waals surface area contributed by atoms with Crippen LogP contribution in [-0.2, 0) is 0 Å². The van der Waals surface area contributed by atoms with Crippen molar-refractivity contribution in [1.29, 1.82) is 0 Å². The summed E-state index contributed by atoms with van der Waals surface area (Å²) in [5.41, 5.74) is 7.27. The van der Waals surface area contributed by atoms with Crippen LogP contribution in [0.15, 0.2) is 30.3 Å². The van der Waals surface area contributed by atoms with E-state index in [9.17, 15) is 4.39 Å². The third-order valence-electron chi connectivity index (χ3n) is 2.17. The summed E-state index contributed by atoms with van der Waals surface area (Å²) < 4.78 is 13.4. The third-order valence-corrected chi connectivity index (χ3v) is 2.17. The predicted octanol–water partition coefficient (Wildman–Crippen LogP) is 2.17. The summed E-state index contributed by atoms with van der Waals surface area (Å²) >= 11 is 0. The van der Waals surface area contributed by atoms with Gasteiger partial charge in [-0.05, 0) is 30.7 Å². The summed E-state index contributed by atoms with van der Waals surface area (Å²) in [6.45, 7) is 1.81. The van der Waals surface area contributed by atoms with E-state index in [-0.39, 0.29) is 5.82 Å². The molecular weight excluding hydrogens is 193 g/mol. The van der Waals surface area contributed by atoms with Gasteiger partial charge >= 0.3 is 0 Å². The van der Waals surface area contributed by atoms with Crippen molar-refractivity contribution in [3.63, 3.8) is 0 Å². The van der Waals surface area contributed by atoms with Gasteiger partial charge in [0.1, 0.15) is 11.6 Å². The Morgan fingerprint density at radius 3 is 2.60 bits per heavy atom. The van der Waals surface area contributed by atoms with E-state index < -0.39 is 0 Å². The van der Waals surface area contributed by atoms with Gasteiger partial charge in [-0.15, -0.1) is 10.2 Å². The van der Waals surface area contributed by atoms with E-state index in [0.29, 0.717) is 17.1 Å². The molecule has 1 aromatic carbocycles. The molecule has 1 aromatic heterocycles. The molecule has 2 rings (SSSR count). The van der Waals surface area contributed by atoms with Gasteiger partial charge in [0.25, 0.3) is 0 Å². The second kappa shape index (κ2) is 3.65. The van der Waals surface area contributed by atoms with Gasteiger partial charge in [-0.3, -0.25) is 0 Å². The highest BCUT2D eigenvalue weighted by Gasteiger charge is 2.07. The lowest BCUT2D eigenvalue weighted by molar-refractivity contribution is 0.630. The zero-order valence-corrected chi connectivity index (χ0v) is 8.24. The Labute approximate surface area is 86.8 Å². The number of nitrogen functional groups attached to an aromatic ring is 1. The fourth-order valence-electron chi connectivity index (χ4n) is 1.30. The molecule has 3 nitrogen and oxygen atoms in total. The van der Waals surface area contributed by atoms with E-state index in [0.717, 1.165) is 5.56 Å². The molecule has 2 N–H and O–H groups in total. The van der Waals surface area contributed by atoms with Crippen LogP contribution in [0, 0.1) is 12.7 Å². The van der Waals surface area contributed by atoms with Crippen molar-refractivity contribution < 1.29 is 4.39 Å². The molecule has 0 aliphatic carbocycles. The molecule has 4 heteroatoms. The SMILES string of the molecule is Cc1cc(-c2ccccc2F)nnc1N. The number of halogens is 1. The van der Waals surface area contributed by atoms with Crippen LogP contribution in [0.3, 0.4) is 0 Å².